The number of amides is 1. The van der Waals surface area contributed by atoms with E-state index >= 15 is 0 Å². The third kappa shape index (κ3) is 2.29. The predicted molar refractivity (Wildman–Crippen MR) is 73.9 cm³/mol. The Hall–Kier alpha value is -2.27. The summed E-state index contributed by atoms with van der Waals surface area (Å²) in [5.41, 5.74) is 1.49. The molecule has 3 nitrogen and oxygen atoms in total. The fourth-order valence-electron chi connectivity index (χ4n) is 2.49. The summed E-state index contributed by atoms with van der Waals surface area (Å²) in [4.78, 5) is 11.6. The monoisotopic (exact) mass is 289 g/mol. The number of halogens is 2. The van der Waals surface area contributed by atoms with E-state index < -0.39 is 23.7 Å². The fraction of sp³-hybridized carbons (Fsp3) is 0.188. The van der Waals surface area contributed by atoms with Gasteiger partial charge < -0.3 is 10.4 Å². The molecule has 1 amide bonds. The Morgan fingerprint density at radius 1 is 1.14 bits per heavy atom. The maximum Gasteiger partial charge on any atom is 0.231 e. The van der Waals surface area contributed by atoms with Crippen molar-refractivity contribution in [1.82, 2.24) is 0 Å². The van der Waals surface area contributed by atoms with Crippen molar-refractivity contribution in [2.45, 2.75) is 18.9 Å². The van der Waals surface area contributed by atoms with Crippen molar-refractivity contribution < 1.29 is 18.7 Å². The minimum atomic E-state index is -1.08. The Morgan fingerprint density at radius 3 is 2.48 bits per heavy atom. The van der Waals surface area contributed by atoms with Crippen LogP contribution in [-0.4, -0.2) is 11.0 Å². The number of carbonyl (C=O) groups excluding carboxylic acids is 1. The van der Waals surface area contributed by atoms with Gasteiger partial charge in [0.1, 0.15) is 17.7 Å². The summed E-state index contributed by atoms with van der Waals surface area (Å²) >= 11 is 0. The molecule has 0 spiro atoms. The highest BCUT2D eigenvalue weighted by atomic mass is 19.1. The largest absolute Gasteiger partial charge is 0.384 e. The first kappa shape index (κ1) is 13.7. The summed E-state index contributed by atoms with van der Waals surface area (Å²) in [5, 5.41) is 12.8. The van der Waals surface area contributed by atoms with E-state index in [1.807, 2.05) is 0 Å². The van der Waals surface area contributed by atoms with E-state index in [2.05, 4.69) is 5.32 Å². The van der Waals surface area contributed by atoms with Crippen LogP contribution in [0.4, 0.5) is 14.5 Å². The van der Waals surface area contributed by atoms with Crippen LogP contribution in [0.25, 0.3) is 0 Å². The molecule has 2 aromatic rings. The topological polar surface area (TPSA) is 49.3 Å². The van der Waals surface area contributed by atoms with Crippen molar-refractivity contribution in [1.29, 1.82) is 0 Å². The van der Waals surface area contributed by atoms with Crippen LogP contribution in [0.1, 0.15) is 35.6 Å². The smallest absolute Gasteiger partial charge is 0.231 e. The Bertz CT molecular complexity index is 713. The number of benzene rings is 2. The molecule has 2 N–H and O–H groups in total. The molecule has 0 bridgehead atoms. The van der Waals surface area contributed by atoms with Gasteiger partial charge in [-0.2, -0.15) is 0 Å². The van der Waals surface area contributed by atoms with E-state index in [1.54, 1.807) is 13.0 Å². The summed E-state index contributed by atoms with van der Waals surface area (Å²) in [6.45, 7) is 1.68. The second-order valence-electron chi connectivity index (χ2n) is 5.13. The zero-order valence-electron chi connectivity index (χ0n) is 11.2. The van der Waals surface area contributed by atoms with E-state index in [1.165, 1.54) is 30.3 Å². The number of hydrogen-bond donors (Lipinski definition) is 2. The van der Waals surface area contributed by atoms with Crippen LogP contribution < -0.4 is 5.32 Å². The molecule has 108 valence electrons. The normalized spacial score (nSPS) is 18.3. The highest BCUT2D eigenvalue weighted by Crippen LogP contribution is 2.37. The number of rotatable bonds is 2. The second kappa shape index (κ2) is 4.93. The van der Waals surface area contributed by atoms with Gasteiger partial charge in [0.05, 0.1) is 11.6 Å². The van der Waals surface area contributed by atoms with Crippen LogP contribution in [0.3, 0.4) is 0 Å². The molecule has 2 unspecified atom stereocenters. The van der Waals surface area contributed by atoms with Crippen LogP contribution in [-0.2, 0) is 4.79 Å². The Balaban J connectivity index is 2.02. The summed E-state index contributed by atoms with van der Waals surface area (Å²) in [6.07, 6.45) is -1.08. The Labute approximate surface area is 120 Å². The SMILES string of the molecule is CC1C(=O)Nc2c(F)cc(C(O)c3ccc(F)cc3)cc21. The fourth-order valence-corrected chi connectivity index (χ4v) is 2.49. The molecule has 0 radical (unpaired) electrons. The van der Waals surface area contributed by atoms with Gasteiger partial charge in [-0.25, -0.2) is 8.78 Å². The van der Waals surface area contributed by atoms with Crippen molar-refractivity contribution in [3.63, 3.8) is 0 Å². The average molecular weight is 289 g/mol. The maximum atomic E-state index is 14.1. The minimum absolute atomic E-state index is 0.169. The van der Waals surface area contributed by atoms with E-state index in [0.717, 1.165) is 0 Å². The summed E-state index contributed by atoms with van der Waals surface area (Å²) in [5.74, 6) is -1.72. The van der Waals surface area contributed by atoms with Gasteiger partial charge in [-0.3, -0.25) is 4.79 Å². The molecule has 21 heavy (non-hydrogen) atoms. The molecule has 2 atom stereocenters. The van der Waals surface area contributed by atoms with E-state index in [9.17, 15) is 18.7 Å². The molecule has 0 aromatic heterocycles. The molecular weight excluding hydrogens is 276 g/mol. The first-order valence-corrected chi connectivity index (χ1v) is 6.55. The minimum Gasteiger partial charge on any atom is -0.384 e. The van der Waals surface area contributed by atoms with Crippen LogP contribution in [0.2, 0.25) is 0 Å². The van der Waals surface area contributed by atoms with Gasteiger partial charge in [-0.15, -0.1) is 0 Å². The maximum absolute atomic E-state index is 14.1. The first-order chi connectivity index (χ1) is 9.97. The van der Waals surface area contributed by atoms with E-state index in [4.69, 9.17) is 0 Å². The van der Waals surface area contributed by atoms with Gasteiger partial charge in [0.2, 0.25) is 5.91 Å². The molecular formula is C16H13F2NO2. The highest BCUT2D eigenvalue weighted by Gasteiger charge is 2.30. The standard InChI is InChI=1S/C16H13F2NO2/c1-8-12-6-10(7-13(18)14(12)19-16(8)21)15(20)9-2-4-11(17)5-3-9/h2-8,15,20H,1H3,(H,19,21). The lowest BCUT2D eigenvalue weighted by molar-refractivity contribution is -0.116. The second-order valence-corrected chi connectivity index (χ2v) is 5.13. The van der Waals surface area contributed by atoms with Crippen LogP contribution in [0.15, 0.2) is 36.4 Å². The van der Waals surface area contributed by atoms with Gasteiger partial charge >= 0.3 is 0 Å². The number of fused-ring (bicyclic) bond motifs is 1. The summed E-state index contributed by atoms with van der Waals surface area (Å²) in [6, 6.07) is 8.14. The highest BCUT2D eigenvalue weighted by molar-refractivity contribution is 6.02. The lowest BCUT2D eigenvalue weighted by Gasteiger charge is -2.14. The molecule has 3 rings (SSSR count). The Morgan fingerprint density at radius 2 is 1.81 bits per heavy atom. The molecule has 0 fully saturated rings. The molecule has 0 saturated heterocycles. The predicted octanol–water partition coefficient (Wildman–Crippen LogP) is 3.10. The zero-order chi connectivity index (χ0) is 15.1. The third-order valence-electron chi connectivity index (χ3n) is 3.75. The number of aliphatic hydroxyl groups is 1. The first-order valence-electron chi connectivity index (χ1n) is 6.55. The molecule has 2 aromatic carbocycles. The van der Waals surface area contributed by atoms with Crippen molar-refractivity contribution in [3.05, 3.63) is 64.7 Å². The van der Waals surface area contributed by atoms with Crippen molar-refractivity contribution in [3.8, 4) is 0 Å². The number of hydrogen-bond acceptors (Lipinski definition) is 2. The number of carbonyl (C=O) groups is 1. The van der Waals surface area contributed by atoms with Gasteiger partial charge in [0.15, 0.2) is 0 Å². The van der Waals surface area contributed by atoms with Crippen LogP contribution in [0.5, 0.6) is 0 Å². The number of anilines is 1. The molecule has 1 aliphatic rings. The molecule has 1 heterocycles. The summed E-state index contributed by atoms with van der Waals surface area (Å²) in [7, 11) is 0. The third-order valence-corrected chi connectivity index (χ3v) is 3.75. The lowest BCUT2D eigenvalue weighted by Crippen LogP contribution is -2.08. The molecule has 0 saturated carbocycles. The van der Waals surface area contributed by atoms with Crippen molar-refractivity contribution in [2.24, 2.45) is 0 Å². The van der Waals surface area contributed by atoms with Crippen molar-refractivity contribution in [2.75, 3.05) is 5.32 Å². The average Bonchev–Trinajstić information content (AvgIpc) is 2.76. The van der Waals surface area contributed by atoms with Gasteiger partial charge in [0.25, 0.3) is 0 Å². The number of nitrogens with one attached hydrogen (secondary N) is 1. The lowest BCUT2D eigenvalue weighted by atomic mass is 9.95. The van der Waals surface area contributed by atoms with Crippen LogP contribution >= 0.6 is 0 Å². The molecule has 0 aliphatic carbocycles. The van der Waals surface area contributed by atoms with Crippen molar-refractivity contribution >= 4 is 11.6 Å². The van der Waals surface area contributed by atoms with Crippen LogP contribution in [0, 0.1) is 11.6 Å². The van der Waals surface area contributed by atoms with Gasteiger partial charge in [-0.05, 0) is 47.9 Å². The van der Waals surface area contributed by atoms with E-state index in [-0.39, 0.29) is 11.6 Å². The van der Waals surface area contributed by atoms with Gasteiger partial charge in [0, 0.05) is 0 Å². The quantitative estimate of drug-likeness (QED) is 0.892. The Kier molecular flexibility index (Phi) is 3.22. The molecule has 5 heteroatoms. The zero-order valence-corrected chi connectivity index (χ0v) is 11.2. The number of aliphatic hydroxyl groups excluding tert-OH is 1. The van der Waals surface area contributed by atoms with Gasteiger partial charge in [-0.1, -0.05) is 12.1 Å². The summed E-state index contributed by atoms with van der Waals surface area (Å²) < 4.78 is 27.0. The van der Waals surface area contributed by atoms with E-state index in [0.29, 0.717) is 16.7 Å². The molecule has 1 aliphatic heterocycles.